The van der Waals surface area contributed by atoms with Gasteiger partial charge >= 0.3 is 0 Å². The van der Waals surface area contributed by atoms with E-state index in [1.165, 1.54) is 47.9 Å². The van der Waals surface area contributed by atoms with Crippen LogP contribution in [0.2, 0.25) is 15.1 Å². The molecule has 16 nitrogen and oxygen atoms in total. The number of unbranched alkanes of at least 4 members (excludes halogenated alkanes) is 1. The lowest BCUT2D eigenvalue weighted by Crippen LogP contribution is -2.34. The summed E-state index contributed by atoms with van der Waals surface area (Å²) < 4.78 is 16.9. The van der Waals surface area contributed by atoms with Gasteiger partial charge in [0.25, 0.3) is 0 Å². The first-order chi connectivity index (χ1) is 48.9. The van der Waals surface area contributed by atoms with Crippen LogP contribution in [0.3, 0.4) is 0 Å². The van der Waals surface area contributed by atoms with Gasteiger partial charge in [0.2, 0.25) is 0 Å². The first-order valence-electron chi connectivity index (χ1n) is 36.5. The summed E-state index contributed by atoms with van der Waals surface area (Å²) in [6.45, 7) is 11.6. The van der Waals surface area contributed by atoms with E-state index in [-0.39, 0.29) is 19.0 Å². The van der Waals surface area contributed by atoms with Crippen molar-refractivity contribution in [3.8, 4) is 17.2 Å². The molecule has 6 aromatic carbocycles. The van der Waals surface area contributed by atoms with E-state index in [1.807, 2.05) is 48.3 Å². The van der Waals surface area contributed by atoms with Crippen molar-refractivity contribution in [1.29, 1.82) is 0 Å². The molecule has 6 aliphatic rings. The van der Waals surface area contributed by atoms with Crippen LogP contribution in [0.5, 0.6) is 17.2 Å². The maximum Gasteiger partial charge on any atom is 0.141 e. The molecular weight excluding hydrogens is 1350 g/mol. The quantitative estimate of drug-likeness (QED) is 0.0698. The second-order valence-electron chi connectivity index (χ2n) is 27.7. The average molecular weight is 1450 g/mol. The molecule has 0 spiro atoms. The zero-order valence-corrected chi connectivity index (χ0v) is 63.2. The largest absolute Gasteiger partial charge is 0.496 e. The summed E-state index contributed by atoms with van der Waals surface area (Å²) in [5.74, 6) is 11.8. The molecule has 0 radical (unpaired) electrons. The number of ether oxygens (including phenoxy) is 3. The first kappa shape index (κ1) is 75.0. The first-order valence-corrected chi connectivity index (χ1v) is 37.6. The molecule has 538 valence electrons. The van der Waals surface area contributed by atoms with E-state index in [0.717, 1.165) is 236 Å². The minimum absolute atomic E-state index is 0. The number of hydrogen-bond donors (Lipinski definition) is 2. The summed E-state index contributed by atoms with van der Waals surface area (Å²) in [5.41, 5.74) is 9.95. The average Bonchev–Trinajstić information content (AvgIpc) is 1.74. The molecule has 0 bridgehead atoms. The summed E-state index contributed by atoms with van der Waals surface area (Å²) in [7, 11) is 10.3. The fourth-order valence-electron chi connectivity index (χ4n) is 14.9. The van der Waals surface area contributed by atoms with E-state index < -0.39 is 0 Å². The Balaban J connectivity index is 0.000000150. The van der Waals surface area contributed by atoms with Crippen molar-refractivity contribution in [2.24, 2.45) is 0 Å². The Hall–Kier alpha value is -7.18. The molecule has 3 saturated carbocycles. The third-order valence-corrected chi connectivity index (χ3v) is 22.2. The van der Waals surface area contributed by atoms with Crippen LogP contribution in [-0.2, 0) is 6.42 Å². The zero-order chi connectivity index (χ0) is 70.0. The summed E-state index contributed by atoms with van der Waals surface area (Å²) in [6, 6.07) is 37.8. The Bertz CT molecular complexity index is 4070. The lowest BCUT2D eigenvalue weighted by Gasteiger charge is -2.34. The van der Waals surface area contributed by atoms with Crippen LogP contribution in [0.4, 0.5) is 28.8 Å². The van der Waals surface area contributed by atoms with Crippen LogP contribution in [0, 0.1) is 0 Å². The third kappa shape index (κ3) is 17.1. The standard InChI is InChI=1S/C27H33ClN4O.C27H32ClN3O.C26H31ClN4O2.CH4O.ClH/c1-4-15-31(2)22-12-11-21-24(25(22)28)27(30-26(29-21)19-9-10-19)32-16-13-18(14-17-32)20-7-5-6-8-23(20)33-3;1-3-4-7-19-12-13-22-24(25(19)28)27(30-26(29-22)20-10-11-20)31-16-14-18(15-17-31)21-8-5-6-9-23(21)32-2;1-30(15-16-32)21-10-9-20-23(24(21)27)26(29-25(28-20)18-7-8-18)31-13-11-17(12-14-31)19-5-3-4-6-22(19)33-2;1-2;/h5-8,11-12,18-19H,4,9-10,13-17H2,1-3H3;5-6,8-9,12-13,18,20H,3-4,7,10-11,14-17H2,1-2H3;3-6,9-10,17-18,32H,7-8,11-16H2,1-2H3;2H,1H3;1H. The number of hydrogen-bond acceptors (Lipinski definition) is 16. The Morgan fingerprint density at radius 1 is 0.416 bits per heavy atom. The van der Waals surface area contributed by atoms with Gasteiger partial charge in [0.1, 0.15) is 52.2 Å². The molecule has 0 atom stereocenters. The van der Waals surface area contributed by atoms with Crippen molar-refractivity contribution in [3.05, 3.63) is 164 Å². The van der Waals surface area contributed by atoms with Crippen LogP contribution in [0.25, 0.3) is 32.7 Å². The van der Waals surface area contributed by atoms with Gasteiger partial charge in [-0.05, 0) is 185 Å². The van der Waals surface area contributed by atoms with Gasteiger partial charge in [-0.25, -0.2) is 29.9 Å². The maximum absolute atomic E-state index is 9.39. The van der Waals surface area contributed by atoms with Crippen molar-refractivity contribution in [3.63, 3.8) is 0 Å². The van der Waals surface area contributed by atoms with Gasteiger partial charge < -0.3 is 48.9 Å². The molecule has 15 rings (SSSR count). The van der Waals surface area contributed by atoms with Gasteiger partial charge in [-0.3, -0.25) is 0 Å². The fraction of sp³-hybridized carbons (Fsp3) is 0.481. The molecule has 0 unspecified atom stereocenters. The molecule has 3 aliphatic carbocycles. The number of aromatic nitrogens is 6. The van der Waals surface area contributed by atoms with Crippen LogP contribution in [-0.4, -0.2) is 142 Å². The molecule has 3 aromatic heterocycles. The lowest BCUT2D eigenvalue weighted by atomic mass is 9.88. The molecule has 6 fully saturated rings. The molecule has 6 heterocycles. The zero-order valence-electron chi connectivity index (χ0n) is 60.1. The van der Waals surface area contributed by atoms with Crippen molar-refractivity contribution in [1.82, 2.24) is 29.9 Å². The number of aryl methyl sites for hydroxylation is 1. The minimum atomic E-state index is 0. The number of rotatable bonds is 21. The summed E-state index contributed by atoms with van der Waals surface area (Å²) >= 11 is 21.0. The van der Waals surface area contributed by atoms with Gasteiger partial charge in [-0.2, -0.15) is 0 Å². The maximum atomic E-state index is 9.39. The van der Waals surface area contributed by atoms with Crippen molar-refractivity contribution in [2.45, 2.75) is 152 Å². The van der Waals surface area contributed by atoms with Gasteiger partial charge in [0.05, 0.1) is 87.1 Å². The monoisotopic (exact) mass is 1450 g/mol. The van der Waals surface area contributed by atoms with E-state index >= 15 is 0 Å². The van der Waals surface area contributed by atoms with E-state index in [9.17, 15) is 5.11 Å². The number of benzene rings is 6. The van der Waals surface area contributed by atoms with Crippen LogP contribution in [0.15, 0.2) is 109 Å². The Labute approximate surface area is 618 Å². The number of methoxy groups -OCH3 is 3. The molecule has 20 heteroatoms. The molecule has 0 amide bonds. The van der Waals surface area contributed by atoms with Gasteiger partial charge in [-0.15, -0.1) is 12.4 Å². The number of aliphatic hydroxyl groups excluding tert-OH is 2. The highest BCUT2D eigenvalue weighted by atomic mass is 35.5. The van der Waals surface area contributed by atoms with Gasteiger partial charge in [0, 0.05) is 91.3 Å². The van der Waals surface area contributed by atoms with E-state index in [1.54, 1.807) is 21.3 Å². The number of anilines is 5. The Kier molecular flexibility index (Phi) is 25.9. The predicted octanol–water partition coefficient (Wildman–Crippen LogP) is 18.3. The van der Waals surface area contributed by atoms with E-state index in [0.29, 0.717) is 47.1 Å². The number of aliphatic hydroxyl groups is 2. The second kappa shape index (κ2) is 34.9. The van der Waals surface area contributed by atoms with E-state index in [2.05, 4.69) is 113 Å². The number of halogens is 4. The number of piperidine rings is 3. The Morgan fingerprint density at radius 3 is 1.06 bits per heavy atom. The third-order valence-electron chi connectivity index (χ3n) is 21.0. The van der Waals surface area contributed by atoms with Gasteiger partial charge in [-0.1, -0.05) is 116 Å². The summed E-state index contributed by atoms with van der Waals surface area (Å²) in [5, 5.41) is 21.6. The molecule has 2 N–H and O–H groups in total. The van der Waals surface area contributed by atoms with E-state index in [4.69, 9.17) is 84.0 Å². The number of para-hydroxylation sites is 3. The number of likely N-dealkylation sites (N-methyl/N-ethyl adjacent to an activating group) is 1. The van der Waals surface area contributed by atoms with Crippen molar-refractivity contribution in [2.75, 3.05) is 126 Å². The fourth-order valence-corrected chi connectivity index (χ4v) is 16.0. The topological polar surface area (TPSA) is 162 Å². The summed E-state index contributed by atoms with van der Waals surface area (Å²) in [4.78, 5) is 41.5. The smallest absolute Gasteiger partial charge is 0.141 e. The van der Waals surface area contributed by atoms with Crippen molar-refractivity contribution >= 4 is 109 Å². The molecule has 9 aromatic rings. The summed E-state index contributed by atoms with van der Waals surface area (Å²) in [6.07, 6.45) is 17.8. The second-order valence-corrected chi connectivity index (χ2v) is 28.9. The number of nitrogens with zero attached hydrogens (tertiary/aromatic N) is 11. The minimum Gasteiger partial charge on any atom is -0.496 e. The highest BCUT2D eigenvalue weighted by Crippen LogP contribution is 2.48. The lowest BCUT2D eigenvalue weighted by molar-refractivity contribution is 0.304. The van der Waals surface area contributed by atoms with Crippen molar-refractivity contribution < 1.29 is 24.4 Å². The Morgan fingerprint density at radius 2 is 0.743 bits per heavy atom. The predicted molar refractivity (Wildman–Crippen MR) is 419 cm³/mol. The SMILES string of the molecule is CCCCc1ccc2nc(C3CC3)nc(N3CCC(c4ccccc4OC)CC3)c2c1Cl.CCCN(C)c1ccc2nc(C3CC3)nc(N3CCC(c4ccccc4OC)CC3)c2c1Cl.CO.COc1ccccc1C1CCN(c2nc(C3CC3)nc3ccc(N(C)CCO)c(Cl)c23)CC1.Cl. The van der Waals surface area contributed by atoms with Crippen LogP contribution < -0.4 is 38.7 Å². The molecular formula is C81H101Cl4N11O5. The highest BCUT2D eigenvalue weighted by Gasteiger charge is 2.35. The van der Waals surface area contributed by atoms with Gasteiger partial charge in [0.15, 0.2) is 0 Å². The van der Waals surface area contributed by atoms with Crippen LogP contribution >= 0.6 is 47.2 Å². The normalized spacial score (nSPS) is 16.5. The number of fused-ring (bicyclic) bond motifs is 3. The molecule has 101 heavy (non-hydrogen) atoms. The van der Waals surface area contributed by atoms with Crippen LogP contribution in [0.1, 0.15) is 185 Å². The molecule has 3 aliphatic heterocycles. The molecule has 3 saturated heterocycles. The highest BCUT2D eigenvalue weighted by molar-refractivity contribution is 6.40.